The zero-order chi connectivity index (χ0) is 14.9. The summed E-state index contributed by atoms with van der Waals surface area (Å²) in [4.78, 5) is 0. The second-order valence-corrected chi connectivity index (χ2v) is 6.50. The fourth-order valence-electron chi connectivity index (χ4n) is 4.02. The van der Waals surface area contributed by atoms with Crippen molar-refractivity contribution >= 4 is 5.69 Å². The summed E-state index contributed by atoms with van der Waals surface area (Å²) in [5, 5.41) is 7.31. The molecule has 2 aromatic rings. The minimum atomic E-state index is 0.598. The van der Waals surface area contributed by atoms with Gasteiger partial charge >= 0.3 is 0 Å². The zero-order valence-electron chi connectivity index (χ0n) is 13.2. The van der Waals surface area contributed by atoms with E-state index in [0.717, 1.165) is 19.5 Å². The summed E-state index contributed by atoms with van der Waals surface area (Å²) >= 11 is 0. The molecule has 0 aliphatic carbocycles. The summed E-state index contributed by atoms with van der Waals surface area (Å²) in [5.41, 5.74) is 7.08. The van der Waals surface area contributed by atoms with E-state index in [-0.39, 0.29) is 0 Å². The third-order valence-corrected chi connectivity index (χ3v) is 5.24. The lowest BCUT2D eigenvalue weighted by Gasteiger charge is -2.18. The van der Waals surface area contributed by atoms with E-state index in [1.807, 2.05) is 0 Å². The van der Waals surface area contributed by atoms with Crippen LogP contribution in [0.4, 0.5) is 5.69 Å². The lowest BCUT2D eigenvalue weighted by molar-refractivity contribution is 0.579. The van der Waals surface area contributed by atoms with Crippen molar-refractivity contribution in [2.24, 2.45) is 0 Å². The predicted molar refractivity (Wildman–Crippen MR) is 93.5 cm³/mol. The minimum Gasteiger partial charge on any atom is -0.381 e. The van der Waals surface area contributed by atoms with Crippen LogP contribution in [0, 0.1) is 0 Å². The molecular formula is C20H24N2. The van der Waals surface area contributed by atoms with Crippen LogP contribution in [-0.4, -0.2) is 19.1 Å². The van der Waals surface area contributed by atoms with Crippen molar-refractivity contribution in [3.8, 4) is 11.1 Å². The molecule has 114 valence electrons. The Morgan fingerprint density at radius 2 is 1.82 bits per heavy atom. The molecule has 2 aliphatic heterocycles. The van der Waals surface area contributed by atoms with Crippen molar-refractivity contribution in [1.29, 1.82) is 0 Å². The van der Waals surface area contributed by atoms with Gasteiger partial charge in [0, 0.05) is 17.6 Å². The maximum absolute atomic E-state index is 3.77. The van der Waals surface area contributed by atoms with E-state index in [4.69, 9.17) is 0 Å². The Morgan fingerprint density at radius 1 is 1.00 bits per heavy atom. The van der Waals surface area contributed by atoms with Gasteiger partial charge in [-0.25, -0.2) is 0 Å². The van der Waals surface area contributed by atoms with E-state index in [1.54, 1.807) is 5.56 Å². The van der Waals surface area contributed by atoms with E-state index >= 15 is 0 Å². The SMILES string of the molecule is CCc1ccc(-c2cccc3c2[C@@H]2CCNCC[C@@H]2N3)cc1. The van der Waals surface area contributed by atoms with Crippen molar-refractivity contribution in [3.05, 3.63) is 53.6 Å². The summed E-state index contributed by atoms with van der Waals surface area (Å²) in [6.45, 7) is 4.47. The van der Waals surface area contributed by atoms with Crippen LogP contribution in [0.2, 0.25) is 0 Å². The molecule has 0 bridgehead atoms. The third kappa shape index (κ3) is 2.32. The highest BCUT2D eigenvalue weighted by atomic mass is 15.0. The predicted octanol–water partition coefficient (Wildman–Crippen LogP) is 4.18. The normalized spacial score (nSPS) is 23.3. The van der Waals surface area contributed by atoms with Crippen molar-refractivity contribution in [2.75, 3.05) is 18.4 Å². The Bertz CT molecular complexity index is 660. The van der Waals surface area contributed by atoms with Crippen molar-refractivity contribution in [2.45, 2.75) is 38.1 Å². The minimum absolute atomic E-state index is 0.598. The molecule has 2 N–H and O–H groups in total. The van der Waals surface area contributed by atoms with Crippen LogP contribution >= 0.6 is 0 Å². The van der Waals surface area contributed by atoms with E-state index in [9.17, 15) is 0 Å². The summed E-state index contributed by atoms with van der Waals surface area (Å²) in [5.74, 6) is 0.645. The van der Waals surface area contributed by atoms with Crippen LogP contribution in [0.3, 0.4) is 0 Å². The van der Waals surface area contributed by atoms with Crippen molar-refractivity contribution in [3.63, 3.8) is 0 Å². The molecule has 4 rings (SSSR count). The third-order valence-electron chi connectivity index (χ3n) is 5.24. The molecule has 2 heteroatoms. The highest BCUT2D eigenvalue weighted by Gasteiger charge is 2.34. The quantitative estimate of drug-likeness (QED) is 0.868. The first-order chi connectivity index (χ1) is 10.9. The van der Waals surface area contributed by atoms with Crippen LogP contribution in [0.25, 0.3) is 11.1 Å². The summed E-state index contributed by atoms with van der Waals surface area (Å²) in [7, 11) is 0. The molecule has 2 heterocycles. The van der Waals surface area contributed by atoms with Gasteiger partial charge in [-0.05, 0) is 60.7 Å². The molecule has 22 heavy (non-hydrogen) atoms. The van der Waals surface area contributed by atoms with Gasteiger partial charge in [0.15, 0.2) is 0 Å². The number of fused-ring (bicyclic) bond motifs is 3. The number of benzene rings is 2. The van der Waals surface area contributed by atoms with E-state index in [2.05, 4.69) is 60.0 Å². The Kier molecular flexibility index (Phi) is 3.63. The largest absolute Gasteiger partial charge is 0.381 e. The van der Waals surface area contributed by atoms with Crippen LogP contribution < -0.4 is 10.6 Å². The summed E-state index contributed by atoms with van der Waals surface area (Å²) < 4.78 is 0. The van der Waals surface area contributed by atoms with Crippen molar-refractivity contribution in [1.82, 2.24) is 5.32 Å². The molecule has 2 atom stereocenters. The van der Waals surface area contributed by atoms with Gasteiger partial charge in [-0.2, -0.15) is 0 Å². The van der Waals surface area contributed by atoms with Crippen molar-refractivity contribution < 1.29 is 0 Å². The fourth-order valence-corrected chi connectivity index (χ4v) is 4.02. The Morgan fingerprint density at radius 3 is 2.64 bits per heavy atom. The first-order valence-electron chi connectivity index (χ1n) is 8.56. The van der Waals surface area contributed by atoms with Gasteiger partial charge in [-0.1, -0.05) is 43.3 Å². The molecule has 0 unspecified atom stereocenters. The van der Waals surface area contributed by atoms with Crippen LogP contribution in [-0.2, 0) is 6.42 Å². The smallest absolute Gasteiger partial charge is 0.0384 e. The second-order valence-electron chi connectivity index (χ2n) is 6.50. The molecule has 0 aromatic heterocycles. The number of nitrogens with one attached hydrogen (secondary N) is 2. The molecule has 0 saturated carbocycles. The Hall–Kier alpha value is -1.80. The summed E-state index contributed by atoms with van der Waals surface area (Å²) in [6, 6.07) is 16.4. The molecule has 0 spiro atoms. The van der Waals surface area contributed by atoms with Gasteiger partial charge in [0.1, 0.15) is 0 Å². The van der Waals surface area contributed by atoms with Crippen LogP contribution in [0.1, 0.15) is 36.8 Å². The lowest BCUT2D eigenvalue weighted by atomic mass is 9.86. The number of hydrogen-bond acceptors (Lipinski definition) is 2. The molecule has 1 saturated heterocycles. The fraction of sp³-hybridized carbons (Fsp3) is 0.400. The van der Waals surface area contributed by atoms with Crippen LogP contribution in [0.5, 0.6) is 0 Å². The average molecular weight is 292 g/mol. The lowest BCUT2D eigenvalue weighted by Crippen LogP contribution is -2.21. The van der Waals surface area contributed by atoms with Gasteiger partial charge in [-0.3, -0.25) is 0 Å². The number of rotatable bonds is 2. The maximum atomic E-state index is 3.77. The zero-order valence-corrected chi connectivity index (χ0v) is 13.2. The van der Waals surface area contributed by atoms with Gasteiger partial charge in [-0.15, -0.1) is 0 Å². The van der Waals surface area contributed by atoms with E-state index < -0.39 is 0 Å². The second kappa shape index (κ2) is 5.77. The standard InChI is InChI=1S/C20H24N2/c1-2-14-6-8-15(9-7-14)16-4-3-5-19-20(16)17-10-12-21-13-11-18(17)22-19/h3-9,17-18,21-22H,2,10-13H2,1H3/t17-,18+/m1/s1. The van der Waals surface area contributed by atoms with E-state index in [0.29, 0.717) is 12.0 Å². The van der Waals surface area contributed by atoms with Gasteiger partial charge in [0.2, 0.25) is 0 Å². The van der Waals surface area contributed by atoms with E-state index in [1.165, 1.54) is 35.2 Å². The average Bonchev–Trinajstić information content (AvgIpc) is 2.76. The first kappa shape index (κ1) is 13.8. The Balaban J connectivity index is 1.77. The molecule has 0 amide bonds. The molecule has 2 aromatic carbocycles. The highest BCUT2D eigenvalue weighted by molar-refractivity contribution is 5.77. The monoisotopic (exact) mass is 292 g/mol. The number of anilines is 1. The molecule has 2 nitrogen and oxygen atoms in total. The molecule has 0 radical (unpaired) electrons. The number of hydrogen-bond donors (Lipinski definition) is 2. The summed E-state index contributed by atoms with van der Waals surface area (Å²) in [6.07, 6.45) is 3.55. The highest BCUT2D eigenvalue weighted by Crippen LogP contribution is 2.45. The van der Waals surface area contributed by atoms with Crippen LogP contribution in [0.15, 0.2) is 42.5 Å². The first-order valence-corrected chi connectivity index (χ1v) is 8.56. The molecular weight excluding hydrogens is 268 g/mol. The van der Waals surface area contributed by atoms with Gasteiger partial charge in [0.05, 0.1) is 0 Å². The molecule has 1 fully saturated rings. The van der Waals surface area contributed by atoms with Gasteiger partial charge < -0.3 is 10.6 Å². The topological polar surface area (TPSA) is 24.1 Å². The number of aryl methyl sites for hydroxylation is 1. The molecule has 2 aliphatic rings. The Labute approximate surface area is 132 Å². The maximum Gasteiger partial charge on any atom is 0.0384 e. The van der Waals surface area contributed by atoms with Gasteiger partial charge in [0.25, 0.3) is 0 Å².